The number of amides is 1. The predicted octanol–water partition coefficient (Wildman–Crippen LogP) is 1.27. The first-order chi connectivity index (χ1) is 8.35. The highest BCUT2D eigenvalue weighted by molar-refractivity contribution is 8.00. The van der Waals surface area contributed by atoms with E-state index >= 15 is 0 Å². The minimum atomic E-state index is -0.971. The summed E-state index contributed by atoms with van der Waals surface area (Å²) in [4.78, 5) is 25.2. The Bertz CT molecular complexity index is 333. The van der Waals surface area contributed by atoms with Crippen LogP contribution in [0.15, 0.2) is 0 Å². The van der Waals surface area contributed by atoms with Crippen molar-refractivity contribution in [2.45, 2.75) is 57.0 Å². The molecule has 0 bridgehead atoms. The topological polar surface area (TPSA) is 83.6 Å². The van der Waals surface area contributed by atoms with Gasteiger partial charge in [0.15, 0.2) is 0 Å². The number of thioether (sulfide) groups is 1. The van der Waals surface area contributed by atoms with E-state index in [1.54, 1.807) is 6.92 Å². The van der Waals surface area contributed by atoms with Crippen molar-refractivity contribution in [1.82, 2.24) is 4.90 Å². The van der Waals surface area contributed by atoms with Crippen molar-refractivity contribution in [2.75, 3.05) is 5.75 Å². The van der Waals surface area contributed by atoms with Crippen LogP contribution in [0.5, 0.6) is 0 Å². The van der Waals surface area contributed by atoms with Gasteiger partial charge in [0.05, 0.1) is 10.9 Å². The Morgan fingerprint density at radius 3 is 2.56 bits per heavy atom. The first kappa shape index (κ1) is 15.3. The molecule has 0 aromatic rings. The van der Waals surface area contributed by atoms with Gasteiger partial charge in [-0.05, 0) is 19.8 Å². The summed E-state index contributed by atoms with van der Waals surface area (Å²) in [5.41, 5.74) is 5.07. The molecule has 1 aliphatic heterocycles. The minimum Gasteiger partial charge on any atom is -0.480 e. The fourth-order valence-electron chi connectivity index (χ4n) is 2.26. The molecule has 3 unspecified atom stereocenters. The Hall–Kier alpha value is -0.750. The molecule has 1 aliphatic rings. The zero-order valence-electron chi connectivity index (χ0n) is 11.2. The van der Waals surface area contributed by atoms with E-state index in [4.69, 9.17) is 5.73 Å². The molecule has 0 aromatic carbocycles. The van der Waals surface area contributed by atoms with Crippen LogP contribution in [0.3, 0.4) is 0 Å². The summed E-state index contributed by atoms with van der Waals surface area (Å²) >= 11 is 1.52. The van der Waals surface area contributed by atoms with E-state index in [1.807, 2.05) is 13.8 Å². The minimum absolute atomic E-state index is 0.0710. The van der Waals surface area contributed by atoms with Gasteiger partial charge in [0.1, 0.15) is 6.04 Å². The highest BCUT2D eigenvalue weighted by atomic mass is 32.2. The lowest BCUT2D eigenvalue weighted by molar-refractivity contribution is -0.151. The van der Waals surface area contributed by atoms with Crippen molar-refractivity contribution < 1.29 is 14.7 Å². The Balaban J connectivity index is 2.94. The molecule has 0 saturated carbocycles. The molecule has 1 rings (SSSR count). The largest absolute Gasteiger partial charge is 0.480 e. The lowest BCUT2D eigenvalue weighted by Gasteiger charge is -2.34. The molecule has 5 nitrogen and oxygen atoms in total. The first-order valence-corrected chi connectivity index (χ1v) is 7.36. The predicted molar refractivity (Wildman–Crippen MR) is 72.3 cm³/mol. The van der Waals surface area contributed by atoms with Crippen molar-refractivity contribution in [3.05, 3.63) is 0 Å². The maximum atomic E-state index is 12.5. The molecule has 0 spiro atoms. The number of aliphatic carboxylic acids is 1. The lowest BCUT2D eigenvalue weighted by atomic mass is 9.95. The standard InChI is InChI=1S/C12H22N2O3S/c1-4-6-12(3,13)11(17)14-8(10(15)16)7-18-9(14)5-2/h8-9H,4-7,13H2,1-3H3,(H,15,16). The van der Waals surface area contributed by atoms with Crippen LogP contribution >= 0.6 is 11.8 Å². The number of nitrogens with two attached hydrogens (primary N) is 1. The maximum Gasteiger partial charge on any atom is 0.327 e. The van der Waals surface area contributed by atoms with Gasteiger partial charge in [0.2, 0.25) is 5.91 Å². The molecule has 1 heterocycles. The number of carboxylic acid groups (broad SMARTS) is 1. The molecule has 0 radical (unpaired) electrons. The fraction of sp³-hybridized carbons (Fsp3) is 0.833. The van der Waals surface area contributed by atoms with Gasteiger partial charge in [-0.2, -0.15) is 0 Å². The molecule has 3 N–H and O–H groups in total. The summed E-state index contributed by atoms with van der Waals surface area (Å²) in [7, 11) is 0. The van der Waals surface area contributed by atoms with Gasteiger partial charge in [0.25, 0.3) is 0 Å². The fourth-order valence-corrected chi connectivity index (χ4v) is 3.61. The van der Waals surface area contributed by atoms with E-state index < -0.39 is 17.6 Å². The molecular formula is C12H22N2O3S. The lowest BCUT2D eigenvalue weighted by Crippen LogP contribution is -2.58. The van der Waals surface area contributed by atoms with Gasteiger partial charge in [-0.1, -0.05) is 20.3 Å². The molecule has 0 aliphatic carbocycles. The van der Waals surface area contributed by atoms with Crippen LogP contribution in [-0.4, -0.2) is 44.6 Å². The molecule has 1 saturated heterocycles. The average Bonchev–Trinajstić information content (AvgIpc) is 2.71. The normalized spacial score (nSPS) is 27.0. The van der Waals surface area contributed by atoms with Crippen molar-refractivity contribution in [3.8, 4) is 0 Å². The molecule has 1 amide bonds. The molecular weight excluding hydrogens is 252 g/mol. The zero-order valence-corrected chi connectivity index (χ0v) is 12.0. The maximum absolute atomic E-state index is 12.5. The summed E-state index contributed by atoms with van der Waals surface area (Å²) in [6, 6.07) is -0.743. The van der Waals surface area contributed by atoms with Crippen LogP contribution in [0.2, 0.25) is 0 Å². The van der Waals surface area contributed by atoms with Gasteiger partial charge >= 0.3 is 5.97 Å². The number of hydrogen-bond donors (Lipinski definition) is 2. The monoisotopic (exact) mass is 274 g/mol. The Morgan fingerprint density at radius 1 is 1.50 bits per heavy atom. The quantitative estimate of drug-likeness (QED) is 0.788. The molecule has 1 fully saturated rings. The van der Waals surface area contributed by atoms with E-state index in [-0.39, 0.29) is 11.3 Å². The number of hydrogen-bond acceptors (Lipinski definition) is 4. The highest BCUT2D eigenvalue weighted by Gasteiger charge is 2.45. The van der Waals surface area contributed by atoms with Crippen LogP contribution in [0.4, 0.5) is 0 Å². The molecule has 0 aromatic heterocycles. The summed E-state index contributed by atoms with van der Waals surface area (Å²) in [5, 5.41) is 9.12. The Morgan fingerprint density at radius 2 is 2.11 bits per heavy atom. The summed E-state index contributed by atoms with van der Waals surface area (Å²) < 4.78 is 0. The third-order valence-corrected chi connectivity index (χ3v) is 4.67. The summed E-state index contributed by atoms with van der Waals surface area (Å²) in [5.74, 6) is -0.741. The second kappa shape index (κ2) is 5.93. The van der Waals surface area contributed by atoms with Crippen LogP contribution < -0.4 is 5.73 Å². The van der Waals surface area contributed by atoms with E-state index in [2.05, 4.69) is 0 Å². The van der Waals surface area contributed by atoms with Crippen LogP contribution in [0.25, 0.3) is 0 Å². The third kappa shape index (κ3) is 2.98. The van der Waals surface area contributed by atoms with E-state index in [0.29, 0.717) is 12.2 Å². The zero-order chi connectivity index (χ0) is 13.9. The van der Waals surface area contributed by atoms with Gasteiger partial charge in [-0.3, -0.25) is 4.79 Å². The summed E-state index contributed by atoms with van der Waals surface area (Å²) in [6.45, 7) is 5.60. The Labute approximate surface area is 112 Å². The van der Waals surface area contributed by atoms with Crippen LogP contribution in [0.1, 0.15) is 40.0 Å². The van der Waals surface area contributed by atoms with E-state index in [0.717, 1.165) is 12.8 Å². The van der Waals surface area contributed by atoms with Gasteiger partial charge in [-0.25, -0.2) is 4.79 Å². The van der Waals surface area contributed by atoms with Gasteiger partial charge < -0.3 is 15.7 Å². The van der Waals surface area contributed by atoms with E-state index in [1.165, 1.54) is 16.7 Å². The number of carboxylic acids is 1. The Kier molecular flexibility index (Phi) is 5.04. The van der Waals surface area contributed by atoms with Crippen LogP contribution in [-0.2, 0) is 9.59 Å². The summed E-state index contributed by atoms with van der Waals surface area (Å²) in [6.07, 6.45) is 2.10. The number of nitrogens with zero attached hydrogens (tertiary/aromatic N) is 1. The SMILES string of the molecule is CCCC(C)(N)C(=O)N1C(CC)SCC1C(=O)O. The first-order valence-electron chi connectivity index (χ1n) is 6.31. The highest BCUT2D eigenvalue weighted by Crippen LogP contribution is 2.33. The molecule has 3 atom stereocenters. The van der Waals surface area contributed by atoms with Crippen molar-refractivity contribution in [1.29, 1.82) is 0 Å². The molecule has 104 valence electrons. The van der Waals surface area contributed by atoms with Crippen molar-refractivity contribution >= 4 is 23.6 Å². The number of rotatable bonds is 5. The van der Waals surface area contributed by atoms with Crippen molar-refractivity contribution in [3.63, 3.8) is 0 Å². The number of carbonyl (C=O) groups is 2. The second-order valence-electron chi connectivity index (χ2n) is 4.93. The average molecular weight is 274 g/mol. The van der Waals surface area contributed by atoms with Crippen molar-refractivity contribution in [2.24, 2.45) is 5.73 Å². The smallest absolute Gasteiger partial charge is 0.327 e. The van der Waals surface area contributed by atoms with Crippen LogP contribution in [0, 0.1) is 0 Å². The van der Waals surface area contributed by atoms with E-state index in [9.17, 15) is 14.7 Å². The number of carbonyl (C=O) groups excluding carboxylic acids is 1. The van der Waals surface area contributed by atoms with Gasteiger partial charge in [-0.15, -0.1) is 11.8 Å². The second-order valence-corrected chi connectivity index (χ2v) is 6.14. The molecule has 6 heteroatoms. The third-order valence-electron chi connectivity index (χ3n) is 3.22. The van der Waals surface area contributed by atoms with Gasteiger partial charge in [0, 0.05) is 5.75 Å². The molecule has 18 heavy (non-hydrogen) atoms.